The van der Waals surface area contributed by atoms with Crippen molar-refractivity contribution >= 4 is 23.1 Å². The van der Waals surface area contributed by atoms with Crippen molar-refractivity contribution in [3.8, 4) is 0 Å². The van der Waals surface area contributed by atoms with Crippen LogP contribution in [0.3, 0.4) is 0 Å². The van der Waals surface area contributed by atoms with Gasteiger partial charge in [-0.05, 0) is 25.5 Å². The van der Waals surface area contributed by atoms with Crippen LogP contribution in [0.15, 0.2) is 35.3 Å². The van der Waals surface area contributed by atoms with E-state index >= 15 is 0 Å². The molecule has 0 aliphatic carbocycles. The van der Waals surface area contributed by atoms with Crippen LogP contribution in [0.4, 0.5) is 0 Å². The topological polar surface area (TPSA) is 13.1 Å². The Morgan fingerprint density at radius 1 is 1.33 bits per heavy atom. The number of rotatable bonds is 1. The van der Waals surface area contributed by atoms with Gasteiger partial charge < -0.3 is 4.42 Å². The van der Waals surface area contributed by atoms with Gasteiger partial charge in [-0.2, -0.15) is 0 Å². The van der Waals surface area contributed by atoms with Crippen LogP contribution in [0.5, 0.6) is 0 Å². The molecule has 2 aromatic rings. The van der Waals surface area contributed by atoms with Gasteiger partial charge in [0, 0.05) is 10.6 Å². The van der Waals surface area contributed by atoms with Gasteiger partial charge in [0.2, 0.25) is 0 Å². The highest BCUT2D eigenvalue weighted by Gasteiger charge is 2.03. The van der Waals surface area contributed by atoms with Crippen LogP contribution in [0.2, 0.25) is 0 Å². The second kappa shape index (κ2) is 3.77. The molecule has 15 heavy (non-hydrogen) atoms. The number of allylic oxidation sites excluding steroid dienone is 1. The molecule has 0 radical (unpaired) electrons. The maximum absolute atomic E-state index is 5.80. The molecule has 0 saturated heterocycles. The van der Waals surface area contributed by atoms with E-state index in [4.69, 9.17) is 4.42 Å². The molecule has 2 rings (SSSR count). The third kappa shape index (κ3) is 1.50. The fraction of sp³-hybridized carbons (Fsp3) is 0.143. The Hall–Kier alpha value is -1.76. The summed E-state index contributed by atoms with van der Waals surface area (Å²) >= 11 is 0. The Morgan fingerprint density at radius 3 is 2.80 bits per heavy atom. The fourth-order valence-corrected chi connectivity index (χ4v) is 1.80. The van der Waals surface area contributed by atoms with Gasteiger partial charge in [-0.15, -0.1) is 0 Å². The number of hydrogen-bond acceptors (Lipinski definition) is 1. The Labute approximate surface area is 89.0 Å². The normalized spacial score (nSPS) is 13.7. The van der Waals surface area contributed by atoms with Crippen molar-refractivity contribution in [3.05, 3.63) is 47.1 Å². The molecule has 1 heteroatoms. The van der Waals surface area contributed by atoms with Crippen LogP contribution < -0.4 is 10.6 Å². The van der Waals surface area contributed by atoms with Gasteiger partial charge in [0.25, 0.3) is 0 Å². The first-order valence-electron chi connectivity index (χ1n) is 5.05. The third-order valence-electron chi connectivity index (χ3n) is 2.53. The minimum Gasteiger partial charge on any atom is -0.456 e. The first-order valence-corrected chi connectivity index (χ1v) is 5.05. The van der Waals surface area contributed by atoms with Crippen molar-refractivity contribution in [3.63, 3.8) is 0 Å². The molecule has 0 unspecified atom stereocenters. The van der Waals surface area contributed by atoms with Crippen LogP contribution in [-0.2, 0) is 0 Å². The number of furan rings is 1. The van der Waals surface area contributed by atoms with E-state index in [2.05, 4.69) is 25.6 Å². The zero-order valence-electron chi connectivity index (χ0n) is 9.08. The highest BCUT2D eigenvalue weighted by atomic mass is 16.3. The molecule has 0 fully saturated rings. The summed E-state index contributed by atoms with van der Waals surface area (Å²) in [6, 6.07) is 6.18. The summed E-state index contributed by atoms with van der Waals surface area (Å²) in [5.74, 6) is 0. The molecule has 1 aromatic carbocycles. The molecule has 0 spiro atoms. The van der Waals surface area contributed by atoms with Crippen LogP contribution in [0, 0.1) is 6.92 Å². The fourth-order valence-electron chi connectivity index (χ4n) is 1.80. The Morgan fingerprint density at radius 2 is 2.13 bits per heavy atom. The largest absolute Gasteiger partial charge is 0.456 e. The molecule has 0 amide bonds. The number of fused-ring (bicyclic) bond motifs is 1. The summed E-state index contributed by atoms with van der Waals surface area (Å²) in [5, 5.41) is 2.27. The standard InChI is InChI=1S/C14H14O/c1-4-7-11-12-9-6-8-10(3)14(12)15-13(11)5-2/h4-9H,1H2,2-3H3/b11-7-,13-5+. The average molecular weight is 198 g/mol. The summed E-state index contributed by atoms with van der Waals surface area (Å²) in [6.07, 6.45) is 5.76. The van der Waals surface area contributed by atoms with Gasteiger partial charge in [-0.25, -0.2) is 0 Å². The molecule has 76 valence electrons. The van der Waals surface area contributed by atoms with E-state index in [-0.39, 0.29) is 0 Å². The van der Waals surface area contributed by atoms with Gasteiger partial charge in [0.15, 0.2) is 0 Å². The molecule has 0 aliphatic heterocycles. The van der Waals surface area contributed by atoms with Crippen molar-refractivity contribution < 1.29 is 4.42 Å². The Kier molecular flexibility index (Phi) is 2.46. The first kappa shape index (κ1) is 9.78. The molecule has 0 saturated carbocycles. The third-order valence-corrected chi connectivity index (χ3v) is 2.53. The predicted molar refractivity (Wildman–Crippen MR) is 65.0 cm³/mol. The lowest BCUT2D eigenvalue weighted by Gasteiger charge is -1.91. The molecule has 0 aliphatic rings. The predicted octanol–water partition coefficient (Wildman–Crippen LogP) is 2.51. The van der Waals surface area contributed by atoms with Crippen molar-refractivity contribution in [2.45, 2.75) is 13.8 Å². The molecule has 0 N–H and O–H groups in total. The van der Waals surface area contributed by atoms with E-state index in [1.807, 2.05) is 25.1 Å². The van der Waals surface area contributed by atoms with Crippen LogP contribution in [-0.4, -0.2) is 0 Å². The minimum atomic E-state index is 0.916. The summed E-state index contributed by atoms with van der Waals surface area (Å²) in [6.45, 7) is 7.77. The van der Waals surface area contributed by atoms with Crippen LogP contribution in [0.25, 0.3) is 23.1 Å². The van der Waals surface area contributed by atoms with Gasteiger partial charge >= 0.3 is 0 Å². The van der Waals surface area contributed by atoms with E-state index in [1.165, 1.54) is 5.56 Å². The Balaban J connectivity index is 3.07. The minimum absolute atomic E-state index is 0.916. The zero-order chi connectivity index (χ0) is 10.8. The maximum Gasteiger partial charge on any atom is 0.138 e. The average Bonchev–Trinajstić information content (AvgIpc) is 2.59. The summed E-state index contributed by atoms with van der Waals surface area (Å²) in [4.78, 5) is 0. The highest BCUT2D eigenvalue weighted by molar-refractivity contribution is 5.82. The van der Waals surface area contributed by atoms with Crippen LogP contribution in [0.1, 0.15) is 12.5 Å². The zero-order valence-corrected chi connectivity index (χ0v) is 9.08. The van der Waals surface area contributed by atoms with Crippen molar-refractivity contribution in [1.29, 1.82) is 0 Å². The molecule has 1 heterocycles. The SMILES string of the molecule is C=C/C=c1\c(=C/C)oc2c(C)cccc12. The highest BCUT2D eigenvalue weighted by Crippen LogP contribution is 2.13. The summed E-state index contributed by atoms with van der Waals surface area (Å²) in [7, 11) is 0. The molecule has 1 nitrogen and oxygen atoms in total. The van der Waals surface area contributed by atoms with Crippen molar-refractivity contribution in [2.24, 2.45) is 0 Å². The summed E-state index contributed by atoms with van der Waals surface area (Å²) < 4.78 is 5.80. The van der Waals surface area contributed by atoms with E-state index in [0.29, 0.717) is 0 Å². The number of benzene rings is 1. The van der Waals surface area contributed by atoms with E-state index in [1.54, 1.807) is 6.08 Å². The first-order chi connectivity index (χ1) is 7.27. The van der Waals surface area contributed by atoms with Crippen molar-refractivity contribution in [2.75, 3.05) is 0 Å². The maximum atomic E-state index is 5.80. The van der Waals surface area contributed by atoms with E-state index < -0.39 is 0 Å². The molecule has 0 bridgehead atoms. The molecule has 0 atom stereocenters. The Bertz CT molecular complexity index is 615. The number of para-hydroxylation sites is 1. The monoisotopic (exact) mass is 198 g/mol. The van der Waals surface area contributed by atoms with Gasteiger partial charge in [0.05, 0.1) is 0 Å². The second-order valence-corrected chi connectivity index (χ2v) is 3.52. The lowest BCUT2D eigenvalue weighted by Crippen LogP contribution is -2.18. The quantitative estimate of drug-likeness (QED) is 0.686. The number of aryl methyl sites for hydroxylation is 1. The van der Waals surface area contributed by atoms with Crippen LogP contribution >= 0.6 is 0 Å². The van der Waals surface area contributed by atoms with Gasteiger partial charge in [0.1, 0.15) is 11.0 Å². The lowest BCUT2D eigenvalue weighted by molar-refractivity contribution is 0.572. The van der Waals surface area contributed by atoms with Crippen molar-refractivity contribution in [1.82, 2.24) is 0 Å². The molecular formula is C14H14O. The van der Waals surface area contributed by atoms with E-state index in [0.717, 1.165) is 21.6 Å². The lowest BCUT2D eigenvalue weighted by atomic mass is 10.1. The van der Waals surface area contributed by atoms with E-state index in [9.17, 15) is 0 Å². The van der Waals surface area contributed by atoms with Gasteiger partial charge in [-0.3, -0.25) is 0 Å². The summed E-state index contributed by atoms with van der Waals surface area (Å²) in [5.41, 5.74) is 3.05. The molecule has 1 aromatic heterocycles. The smallest absolute Gasteiger partial charge is 0.138 e. The molecular weight excluding hydrogens is 184 g/mol. The van der Waals surface area contributed by atoms with Gasteiger partial charge in [-0.1, -0.05) is 36.9 Å². The second-order valence-electron chi connectivity index (χ2n) is 3.52. The number of hydrogen-bond donors (Lipinski definition) is 0.